The summed E-state index contributed by atoms with van der Waals surface area (Å²) in [6.45, 7) is 2.71. The second kappa shape index (κ2) is 6.44. The maximum absolute atomic E-state index is 9.08. The van der Waals surface area contributed by atoms with Crippen molar-refractivity contribution in [1.29, 1.82) is 5.26 Å². The van der Waals surface area contributed by atoms with Crippen LogP contribution in [-0.4, -0.2) is 7.11 Å². The molecule has 2 rings (SSSR count). The topological polar surface area (TPSA) is 45.0 Å². The number of hydrogen-bond donors (Lipinski definition) is 1. The maximum Gasteiger partial charge on any atom is 0.136 e. The van der Waals surface area contributed by atoms with Crippen LogP contribution in [0.2, 0.25) is 0 Å². The zero-order chi connectivity index (χ0) is 14.5. The van der Waals surface area contributed by atoms with Crippen LogP contribution in [0.4, 0.5) is 5.69 Å². The molecule has 0 heterocycles. The molecule has 0 aliphatic heterocycles. The normalized spacial score (nSPS) is 9.90. The van der Waals surface area contributed by atoms with Crippen LogP contribution in [0.1, 0.15) is 16.7 Å². The molecule has 0 unspecified atom stereocenters. The van der Waals surface area contributed by atoms with Crippen molar-refractivity contribution in [2.75, 3.05) is 12.4 Å². The fraction of sp³-hybridized carbons (Fsp3) is 0.188. The van der Waals surface area contributed by atoms with Gasteiger partial charge in [-0.3, -0.25) is 0 Å². The molecule has 0 radical (unpaired) electrons. The van der Waals surface area contributed by atoms with Crippen molar-refractivity contribution in [2.45, 2.75) is 13.5 Å². The summed E-state index contributed by atoms with van der Waals surface area (Å²) < 4.78 is 6.17. The Bertz CT molecular complexity index is 662. The molecular formula is C16H15BrN2O. The highest BCUT2D eigenvalue weighted by Gasteiger charge is 2.04. The summed E-state index contributed by atoms with van der Waals surface area (Å²) in [5.41, 5.74) is 3.83. The summed E-state index contributed by atoms with van der Waals surface area (Å²) in [5, 5.41) is 12.4. The van der Waals surface area contributed by atoms with Crippen molar-refractivity contribution >= 4 is 21.6 Å². The molecule has 3 nitrogen and oxygen atoms in total. The van der Waals surface area contributed by atoms with E-state index in [1.165, 1.54) is 5.56 Å². The monoisotopic (exact) mass is 330 g/mol. The summed E-state index contributed by atoms with van der Waals surface area (Å²) in [7, 11) is 1.57. The van der Waals surface area contributed by atoms with Gasteiger partial charge in [0.05, 0.1) is 12.7 Å². The zero-order valence-electron chi connectivity index (χ0n) is 11.4. The lowest BCUT2D eigenvalue weighted by Gasteiger charge is -2.10. The molecule has 0 saturated carbocycles. The molecule has 2 aromatic carbocycles. The molecule has 0 atom stereocenters. The molecule has 0 fully saturated rings. The number of methoxy groups -OCH3 is 1. The van der Waals surface area contributed by atoms with E-state index in [1.54, 1.807) is 7.11 Å². The minimum Gasteiger partial charge on any atom is -0.495 e. The van der Waals surface area contributed by atoms with Gasteiger partial charge in [-0.15, -0.1) is 0 Å². The van der Waals surface area contributed by atoms with Crippen molar-refractivity contribution < 1.29 is 4.74 Å². The van der Waals surface area contributed by atoms with Crippen LogP contribution in [0, 0.1) is 18.3 Å². The van der Waals surface area contributed by atoms with Gasteiger partial charge in [-0.1, -0.05) is 12.1 Å². The molecular weight excluding hydrogens is 316 g/mol. The van der Waals surface area contributed by atoms with Crippen LogP contribution in [0.25, 0.3) is 0 Å². The number of nitriles is 1. The van der Waals surface area contributed by atoms with E-state index in [2.05, 4.69) is 46.4 Å². The summed E-state index contributed by atoms with van der Waals surface area (Å²) in [6, 6.07) is 13.9. The number of nitrogens with one attached hydrogen (secondary N) is 1. The summed E-state index contributed by atoms with van der Waals surface area (Å²) in [4.78, 5) is 0. The number of anilines is 1. The first-order chi connectivity index (χ1) is 9.63. The van der Waals surface area contributed by atoms with Crippen molar-refractivity contribution in [3.05, 3.63) is 57.6 Å². The van der Waals surface area contributed by atoms with E-state index in [0.717, 1.165) is 15.7 Å². The number of aryl methyl sites for hydroxylation is 1. The molecule has 102 valence electrons. The van der Waals surface area contributed by atoms with E-state index < -0.39 is 0 Å². The second-order valence-corrected chi connectivity index (χ2v) is 5.34. The molecule has 1 N–H and O–H groups in total. The van der Waals surface area contributed by atoms with Crippen molar-refractivity contribution in [3.8, 4) is 11.8 Å². The van der Waals surface area contributed by atoms with Crippen LogP contribution in [0.15, 0.2) is 40.9 Å². The highest BCUT2D eigenvalue weighted by Crippen LogP contribution is 2.25. The largest absolute Gasteiger partial charge is 0.495 e. The van der Waals surface area contributed by atoms with Crippen LogP contribution in [0.5, 0.6) is 5.75 Å². The average molecular weight is 331 g/mol. The van der Waals surface area contributed by atoms with Crippen molar-refractivity contribution in [3.63, 3.8) is 0 Å². The van der Waals surface area contributed by atoms with Gasteiger partial charge in [0.15, 0.2) is 0 Å². The molecule has 2 aromatic rings. The third-order valence-electron chi connectivity index (χ3n) is 2.99. The molecule has 0 saturated heterocycles. The van der Waals surface area contributed by atoms with Gasteiger partial charge < -0.3 is 10.1 Å². The first-order valence-electron chi connectivity index (χ1n) is 6.21. The van der Waals surface area contributed by atoms with Crippen LogP contribution in [0.3, 0.4) is 0 Å². The summed E-state index contributed by atoms with van der Waals surface area (Å²) in [6.07, 6.45) is 0. The molecule has 0 bridgehead atoms. The Balaban J connectivity index is 2.13. The molecule has 0 aliphatic rings. The van der Waals surface area contributed by atoms with E-state index in [1.807, 2.05) is 24.3 Å². The maximum atomic E-state index is 9.08. The number of hydrogen-bond acceptors (Lipinski definition) is 3. The van der Waals surface area contributed by atoms with E-state index >= 15 is 0 Å². The van der Waals surface area contributed by atoms with Gasteiger partial charge in [0, 0.05) is 16.7 Å². The zero-order valence-corrected chi connectivity index (χ0v) is 13.0. The number of benzene rings is 2. The van der Waals surface area contributed by atoms with Gasteiger partial charge in [-0.25, -0.2) is 0 Å². The fourth-order valence-corrected chi connectivity index (χ4v) is 2.55. The number of ether oxygens (including phenoxy) is 1. The molecule has 0 aromatic heterocycles. The third-order valence-corrected chi connectivity index (χ3v) is 3.65. The van der Waals surface area contributed by atoms with Crippen LogP contribution in [-0.2, 0) is 6.54 Å². The quantitative estimate of drug-likeness (QED) is 0.911. The van der Waals surface area contributed by atoms with Gasteiger partial charge in [-0.2, -0.15) is 5.26 Å². The number of nitrogens with zero attached hydrogens (tertiary/aromatic N) is 1. The molecule has 20 heavy (non-hydrogen) atoms. The van der Waals surface area contributed by atoms with Crippen molar-refractivity contribution in [1.82, 2.24) is 0 Å². The Labute approximate surface area is 127 Å². The molecule has 4 heteroatoms. The highest BCUT2D eigenvalue weighted by atomic mass is 79.9. The predicted octanol–water partition coefficient (Wildman–Crippen LogP) is 4.25. The average Bonchev–Trinajstić information content (AvgIpc) is 2.46. The van der Waals surface area contributed by atoms with Gasteiger partial charge in [-0.05, 0) is 58.2 Å². The molecule has 0 spiro atoms. The second-order valence-electron chi connectivity index (χ2n) is 4.48. The van der Waals surface area contributed by atoms with Crippen molar-refractivity contribution in [2.24, 2.45) is 0 Å². The Morgan fingerprint density at radius 3 is 2.70 bits per heavy atom. The lowest BCUT2D eigenvalue weighted by Crippen LogP contribution is -2.01. The Morgan fingerprint density at radius 1 is 1.25 bits per heavy atom. The first kappa shape index (κ1) is 14.4. The van der Waals surface area contributed by atoms with Gasteiger partial charge in [0.25, 0.3) is 0 Å². The Kier molecular flexibility index (Phi) is 4.65. The van der Waals surface area contributed by atoms with E-state index in [4.69, 9.17) is 10.00 Å². The number of rotatable bonds is 4. The smallest absolute Gasteiger partial charge is 0.136 e. The first-order valence-corrected chi connectivity index (χ1v) is 7.00. The van der Waals surface area contributed by atoms with Gasteiger partial charge in [0.1, 0.15) is 11.8 Å². The summed E-state index contributed by atoms with van der Waals surface area (Å²) >= 11 is 3.54. The fourth-order valence-electron chi connectivity index (χ4n) is 1.91. The SMILES string of the molecule is COc1ccc(CNc2ccc(C)cc2Br)cc1C#N. The van der Waals surface area contributed by atoms with E-state index in [9.17, 15) is 0 Å². The standard InChI is InChI=1S/C16H15BrN2O/c1-11-3-5-15(14(17)7-11)19-10-12-4-6-16(20-2)13(8-12)9-18/h3-8,19H,10H2,1-2H3. The number of halogens is 1. The Hall–Kier alpha value is -1.99. The van der Waals surface area contributed by atoms with E-state index in [-0.39, 0.29) is 0 Å². The predicted molar refractivity (Wildman–Crippen MR) is 83.9 cm³/mol. The summed E-state index contributed by atoms with van der Waals surface area (Å²) in [5.74, 6) is 0.604. The Morgan fingerprint density at radius 2 is 2.05 bits per heavy atom. The van der Waals surface area contributed by atoms with Gasteiger partial charge >= 0.3 is 0 Å². The lowest BCUT2D eigenvalue weighted by atomic mass is 10.1. The van der Waals surface area contributed by atoms with Gasteiger partial charge in [0.2, 0.25) is 0 Å². The minimum atomic E-state index is 0.551. The lowest BCUT2D eigenvalue weighted by molar-refractivity contribution is 0.413. The molecule has 0 aliphatic carbocycles. The highest BCUT2D eigenvalue weighted by molar-refractivity contribution is 9.10. The van der Waals surface area contributed by atoms with Crippen LogP contribution < -0.4 is 10.1 Å². The third kappa shape index (κ3) is 3.31. The molecule has 0 amide bonds. The van der Waals surface area contributed by atoms with E-state index in [0.29, 0.717) is 17.9 Å². The van der Waals surface area contributed by atoms with Crippen LogP contribution >= 0.6 is 15.9 Å². The minimum absolute atomic E-state index is 0.551.